The predicted molar refractivity (Wildman–Crippen MR) is 78.0 cm³/mol. The lowest BCUT2D eigenvalue weighted by Crippen LogP contribution is -2.40. The Hall–Kier alpha value is -0.450. The average Bonchev–Trinajstić information content (AvgIpc) is 2.77. The fourth-order valence-electron chi connectivity index (χ4n) is 3.10. The van der Waals surface area contributed by atoms with E-state index in [-0.39, 0.29) is 0 Å². The molecule has 1 aliphatic heterocycles. The molecule has 0 aromatic carbocycles. The van der Waals surface area contributed by atoms with Gasteiger partial charge in [-0.25, -0.2) is 4.98 Å². The average molecular weight is 267 g/mol. The number of nitrogens with zero attached hydrogens (tertiary/aromatic N) is 2. The number of hydrogen-bond acceptors (Lipinski definition) is 4. The van der Waals surface area contributed by atoms with Crippen LogP contribution in [0.3, 0.4) is 0 Å². The highest BCUT2D eigenvalue weighted by atomic mass is 32.1. The van der Waals surface area contributed by atoms with Gasteiger partial charge in [-0.2, -0.15) is 0 Å². The minimum absolute atomic E-state index is 0.492. The zero-order valence-electron chi connectivity index (χ0n) is 11.7. The van der Waals surface area contributed by atoms with E-state index in [2.05, 4.69) is 41.5 Å². The SMILES string of the molecule is CNCC1CCCCN(C(C)C)C1c1cscn1. The molecular weight excluding hydrogens is 242 g/mol. The molecule has 4 heteroatoms. The molecule has 2 rings (SSSR count). The molecule has 102 valence electrons. The smallest absolute Gasteiger partial charge is 0.0795 e. The Kier molecular flexibility index (Phi) is 5.15. The molecule has 1 aromatic heterocycles. The molecule has 1 fully saturated rings. The first-order chi connectivity index (χ1) is 8.74. The van der Waals surface area contributed by atoms with Crippen LogP contribution in [0.15, 0.2) is 10.9 Å². The van der Waals surface area contributed by atoms with Gasteiger partial charge in [0.2, 0.25) is 0 Å². The van der Waals surface area contributed by atoms with Crippen molar-refractivity contribution in [3.63, 3.8) is 0 Å². The number of rotatable bonds is 4. The Labute approximate surface area is 115 Å². The minimum atomic E-state index is 0.492. The van der Waals surface area contributed by atoms with Gasteiger partial charge in [0.25, 0.3) is 0 Å². The summed E-state index contributed by atoms with van der Waals surface area (Å²) in [5, 5.41) is 5.60. The van der Waals surface area contributed by atoms with E-state index in [0.29, 0.717) is 18.0 Å². The van der Waals surface area contributed by atoms with Crippen molar-refractivity contribution >= 4 is 11.3 Å². The molecule has 0 spiro atoms. The molecule has 2 atom stereocenters. The number of aromatic nitrogens is 1. The zero-order valence-corrected chi connectivity index (χ0v) is 12.5. The van der Waals surface area contributed by atoms with Crippen molar-refractivity contribution in [1.82, 2.24) is 15.2 Å². The van der Waals surface area contributed by atoms with Crippen molar-refractivity contribution in [2.75, 3.05) is 20.1 Å². The molecule has 2 unspecified atom stereocenters. The largest absolute Gasteiger partial charge is 0.319 e. The molecule has 1 N–H and O–H groups in total. The Morgan fingerprint density at radius 2 is 2.33 bits per heavy atom. The van der Waals surface area contributed by atoms with E-state index < -0.39 is 0 Å². The molecule has 1 aliphatic rings. The monoisotopic (exact) mass is 267 g/mol. The molecule has 0 aliphatic carbocycles. The van der Waals surface area contributed by atoms with Gasteiger partial charge in [0.15, 0.2) is 0 Å². The van der Waals surface area contributed by atoms with Gasteiger partial charge in [0.05, 0.1) is 17.2 Å². The van der Waals surface area contributed by atoms with Crippen molar-refractivity contribution < 1.29 is 0 Å². The molecule has 3 nitrogen and oxygen atoms in total. The van der Waals surface area contributed by atoms with E-state index in [4.69, 9.17) is 0 Å². The van der Waals surface area contributed by atoms with Crippen LogP contribution in [0.25, 0.3) is 0 Å². The molecule has 18 heavy (non-hydrogen) atoms. The third-order valence-electron chi connectivity index (χ3n) is 3.93. The maximum Gasteiger partial charge on any atom is 0.0795 e. The standard InChI is InChI=1S/C14H25N3S/c1-11(2)17-7-5-4-6-12(8-15-3)14(17)13-9-18-10-16-13/h9-12,14-15H,4-8H2,1-3H3. The van der Waals surface area contributed by atoms with Gasteiger partial charge in [-0.15, -0.1) is 11.3 Å². The van der Waals surface area contributed by atoms with Crippen LogP contribution >= 0.6 is 11.3 Å². The summed E-state index contributed by atoms with van der Waals surface area (Å²) in [4.78, 5) is 7.24. The van der Waals surface area contributed by atoms with Crippen LogP contribution in [0.2, 0.25) is 0 Å². The van der Waals surface area contributed by atoms with Crippen LogP contribution < -0.4 is 5.32 Å². The highest BCUT2D eigenvalue weighted by Gasteiger charge is 2.33. The second-order valence-corrected chi connectivity index (χ2v) is 6.22. The Balaban J connectivity index is 2.27. The zero-order chi connectivity index (χ0) is 13.0. The third kappa shape index (κ3) is 3.11. The molecule has 0 saturated carbocycles. The van der Waals surface area contributed by atoms with Gasteiger partial charge in [-0.1, -0.05) is 6.42 Å². The van der Waals surface area contributed by atoms with Crippen LogP contribution in [-0.2, 0) is 0 Å². The van der Waals surface area contributed by atoms with E-state index in [0.717, 1.165) is 6.54 Å². The fraction of sp³-hybridized carbons (Fsp3) is 0.786. The lowest BCUT2D eigenvalue weighted by atomic mass is 9.92. The normalized spacial score (nSPS) is 26.4. The van der Waals surface area contributed by atoms with Crippen LogP contribution in [-0.4, -0.2) is 36.1 Å². The summed E-state index contributed by atoms with van der Waals surface area (Å²) in [5.74, 6) is 0.682. The van der Waals surface area contributed by atoms with Crippen molar-refractivity contribution in [3.05, 3.63) is 16.6 Å². The second kappa shape index (κ2) is 6.64. The van der Waals surface area contributed by atoms with Gasteiger partial charge < -0.3 is 5.32 Å². The number of thiazole rings is 1. The summed E-state index contributed by atoms with van der Waals surface area (Å²) in [5.41, 5.74) is 3.24. The topological polar surface area (TPSA) is 28.2 Å². The van der Waals surface area contributed by atoms with Crippen molar-refractivity contribution in [1.29, 1.82) is 0 Å². The van der Waals surface area contributed by atoms with Crippen molar-refractivity contribution in [2.45, 2.75) is 45.2 Å². The Morgan fingerprint density at radius 3 is 2.94 bits per heavy atom. The maximum absolute atomic E-state index is 4.60. The summed E-state index contributed by atoms with van der Waals surface area (Å²) >= 11 is 1.72. The van der Waals surface area contributed by atoms with E-state index in [1.807, 2.05) is 5.51 Å². The maximum atomic E-state index is 4.60. The van der Waals surface area contributed by atoms with E-state index in [9.17, 15) is 0 Å². The van der Waals surface area contributed by atoms with E-state index in [1.54, 1.807) is 11.3 Å². The molecule has 1 aromatic rings. The van der Waals surface area contributed by atoms with E-state index in [1.165, 1.54) is 31.5 Å². The number of likely N-dealkylation sites (tertiary alicyclic amines) is 1. The van der Waals surface area contributed by atoms with Gasteiger partial charge in [0.1, 0.15) is 0 Å². The number of hydrogen-bond donors (Lipinski definition) is 1. The Bertz CT molecular complexity index is 337. The molecule has 0 bridgehead atoms. The minimum Gasteiger partial charge on any atom is -0.319 e. The first kappa shape index (κ1) is 14.0. The highest BCUT2D eigenvalue weighted by Crippen LogP contribution is 2.35. The third-order valence-corrected chi connectivity index (χ3v) is 4.53. The van der Waals surface area contributed by atoms with Gasteiger partial charge >= 0.3 is 0 Å². The summed E-state index contributed by atoms with van der Waals surface area (Å²) < 4.78 is 0. The van der Waals surface area contributed by atoms with Crippen LogP contribution in [0.4, 0.5) is 0 Å². The van der Waals surface area contributed by atoms with Gasteiger partial charge in [0, 0.05) is 11.4 Å². The van der Waals surface area contributed by atoms with E-state index >= 15 is 0 Å². The van der Waals surface area contributed by atoms with Gasteiger partial charge in [-0.05, 0) is 52.7 Å². The molecule has 2 heterocycles. The molecule has 0 amide bonds. The first-order valence-electron chi connectivity index (χ1n) is 7.02. The highest BCUT2D eigenvalue weighted by molar-refractivity contribution is 7.07. The second-order valence-electron chi connectivity index (χ2n) is 5.50. The van der Waals surface area contributed by atoms with Crippen molar-refractivity contribution in [3.8, 4) is 0 Å². The first-order valence-corrected chi connectivity index (χ1v) is 7.96. The van der Waals surface area contributed by atoms with Crippen LogP contribution in [0.5, 0.6) is 0 Å². The van der Waals surface area contributed by atoms with Crippen molar-refractivity contribution in [2.24, 2.45) is 5.92 Å². The van der Waals surface area contributed by atoms with Gasteiger partial charge in [-0.3, -0.25) is 4.90 Å². The number of nitrogens with one attached hydrogen (secondary N) is 1. The lowest BCUT2D eigenvalue weighted by Gasteiger charge is -2.36. The summed E-state index contributed by atoms with van der Waals surface area (Å²) in [6.45, 7) is 6.91. The molecule has 0 radical (unpaired) electrons. The predicted octanol–water partition coefficient (Wildman–Crippen LogP) is 2.91. The Morgan fingerprint density at radius 1 is 1.50 bits per heavy atom. The summed E-state index contributed by atoms with van der Waals surface area (Å²) in [7, 11) is 2.06. The van der Waals surface area contributed by atoms with Crippen LogP contribution in [0, 0.1) is 5.92 Å². The fourth-order valence-corrected chi connectivity index (χ4v) is 3.69. The summed E-state index contributed by atoms with van der Waals surface area (Å²) in [6.07, 6.45) is 3.97. The lowest BCUT2D eigenvalue weighted by molar-refractivity contribution is 0.116. The summed E-state index contributed by atoms with van der Waals surface area (Å²) in [6, 6.07) is 1.08. The van der Waals surface area contributed by atoms with Crippen LogP contribution in [0.1, 0.15) is 44.8 Å². The molecular formula is C14H25N3S. The quantitative estimate of drug-likeness (QED) is 0.909. The molecule has 1 saturated heterocycles.